The van der Waals surface area contributed by atoms with Crippen molar-refractivity contribution < 1.29 is 0 Å². The highest BCUT2D eigenvalue weighted by molar-refractivity contribution is 5.41. The number of hydrogen-bond donors (Lipinski definition) is 1. The molecule has 3 nitrogen and oxygen atoms in total. The van der Waals surface area contributed by atoms with Gasteiger partial charge in [0, 0.05) is 18.8 Å². The summed E-state index contributed by atoms with van der Waals surface area (Å²) in [5.41, 5.74) is 6.78. The molecule has 1 saturated heterocycles. The van der Waals surface area contributed by atoms with Crippen molar-refractivity contribution in [1.29, 1.82) is 0 Å². The van der Waals surface area contributed by atoms with Gasteiger partial charge in [-0.1, -0.05) is 13.0 Å². The van der Waals surface area contributed by atoms with Crippen LogP contribution in [0, 0.1) is 0 Å². The Morgan fingerprint density at radius 3 is 2.94 bits per heavy atom. The lowest BCUT2D eigenvalue weighted by atomic mass is 10.00. The van der Waals surface area contributed by atoms with Crippen LogP contribution in [-0.2, 0) is 6.42 Å². The van der Waals surface area contributed by atoms with E-state index in [9.17, 15) is 0 Å². The van der Waals surface area contributed by atoms with Crippen molar-refractivity contribution in [3.8, 4) is 0 Å². The molecular weight excluding hydrogens is 210 g/mol. The molecule has 0 spiro atoms. The third kappa shape index (κ3) is 2.97. The summed E-state index contributed by atoms with van der Waals surface area (Å²) >= 11 is 0. The zero-order valence-electron chi connectivity index (χ0n) is 10.7. The average molecular weight is 233 g/mol. The van der Waals surface area contributed by atoms with E-state index >= 15 is 0 Å². The predicted molar refractivity (Wildman–Crippen MR) is 72.3 cm³/mol. The molecule has 0 bridgehead atoms. The molecule has 1 aromatic rings. The molecule has 1 aliphatic rings. The Labute approximate surface area is 104 Å². The molecule has 0 saturated carbocycles. The van der Waals surface area contributed by atoms with E-state index in [1.54, 1.807) is 0 Å². The maximum atomic E-state index is 5.55. The van der Waals surface area contributed by atoms with Crippen LogP contribution in [0.2, 0.25) is 0 Å². The molecule has 2 heterocycles. The Kier molecular flexibility index (Phi) is 4.37. The number of rotatable bonds is 4. The smallest absolute Gasteiger partial charge is 0.128 e. The van der Waals surface area contributed by atoms with Crippen molar-refractivity contribution in [2.24, 2.45) is 5.73 Å². The molecule has 2 rings (SSSR count). The first-order chi connectivity index (χ1) is 8.35. The van der Waals surface area contributed by atoms with Gasteiger partial charge in [0.25, 0.3) is 0 Å². The molecule has 0 aliphatic carbocycles. The van der Waals surface area contributed by atoms with E-state index < -0.39 is 0 Å². The van der Waals surface area contributed by atoms with E-state index in [0.717, 1.165) is 18.8 Å². The van der Waals surface area contributed by atoms with Gasteiger partial charge in [0.05, 0.1) is 0 Å². The number of anilines is 1. The lowest BCUT2D eigenvalue weighted by Gasteiger charge is -2.36. The summed E-state index contributed by atoms with van der Waals surface area (Å²) < 4.78 is 0. The number of hydrogen-bond acceptors (Lipinski definition) is 3. The molecule has 0 radical (unpaired) electrons. The molecule has 1 fully saturated rings. The summed E-state index contributed by atoms with van der Waals surface area (Å²) in [7, 11) is 0. The Balaban J connectivity index is 2.09. The summed E-state index contributed by atoms with van der Waals surface area (Å²) in [6.07, 6.45) is 8.08. The summed E-state index contributed by atoms with van der Waals surface area (Å²) in [5.74, 6) is 1.14. The largest absolute Gasteiger partial charge is 0.354 e. The number of pyridine rings is 1. The van der Waals surface area contributed by atoms with E-state index in [0.29, 0.717) is 12.6 Å². The van der Waals surface area contributed by atoms with Crippen LogP contribution in [0.3, 0.4) is 0 Å². The minimum absolute atomic E-state index is 0.677. The zero-order valence-corrected chi connectivity index (χ0v) is 10.7. The fourth-order valence-corrected chi connectivity index (χ4v) is 2.63. The minimum Gasteiger partial charge on any atom is -0.354 e. The molecule has 17 heavy (non-hydrogen) atoms. The van der Waals surface area contributed by atoms with Crippen LogP contribution in [0.15, 0.2) is 18.3 Å². The quantitative estimate of drug-likeness (QED) is 0.868. The monoisotopic (exact) mass is 233 g/mol. The standard InChI is InChI=1S/C14H23N3/c1-2-13-5-3-4-10-17(13)14-7-6-12(8-9-15)11-16-14/h6-7,11,13H,2-5,8-10,15H2,1H3. The van der Waals surface area contributed by atoms with E-state index in [4.69, 9.17) is 5.73 Å². The van der Waals surface area contributed by atoms with Gasteiger partial charge in [0.2, 0.25) is 0 Å². The maximum absolute atomic E-state index is 5.55. The second kappa shape index (κ2) is 6.01. The second-order valence-electron chi connectivity index (χ2n) is 4.81. The summed E-state index contributed by atoms with van der Waals surface area (Å²) in [6.45, 7) is 4.12. The first-order valence-corrected chi connectivity index (χ1v) is 6.76. The number of nitrogens with zero attached hydrogens (tertiary/aromatic N) is 2. The van der Waals surface area contributed by atoms with Gasteiger partial charge in [0.1, 0.15) is 5.82 Å². The van der Waals surface area contributed by atoms with Crippen LogP contribution in [-0.4, -0.2) is 24.1 Å². The third-order valence-electron chi connectivity index (χ3n) is 3.63. The Morgan fingerprint density at radius 1 is 1.41 bits per heavy atom. The minimum atomic E-state index is 0.677. The van der Waals surface area contributed by atoms with E-state index in [2.05, 4.69) is 28.9 Å². The third-order valence-corrected chi connectivity index (χ3v) is 3.63. The molecule has 0 amide bonds. The molecular formula is C14H23N3. The first kappa shape index (κ1) is 12.4. The highest BCUT2D eigenvalue weighted by atomic mass is 15.2. The van der Waals surface area contributed by atoms with Crippen LogP contribution in [0.25, 0.3) is 0 Å². The zero-order chi connectivity index (χ0) is 12.1. The van der Waals surface area contributed by atoms with Crippen molar-refractivity contribution in [3.63, 3.8) is 0 Å². The van der Waals surface area contributed by atoms with Gasteiger partial charge >= 0.3 is 0 Å². The van der Waals surface area contributed by atoms with Gasteiger partial charge in [-0.3, -0.25) is 0 Å². The Hall–Kier alpha value is -1.09. The Morgan fingerprint density at radius 2 is 2.29 bits per heavy atom. The lowest BCUT2D eigenvalue weighted by molar-refractivity contribution is 0.447. The van der Waals surface area contributed by atoms with E-state index in [1.807, 2.05) is 6.20 Å². The second-order valence-corrected chi connectivity index (χ2v) is 4.81. The molecule has 3 heteroatoms. The van der Waals surface area contributed by atoms with E-state index in [1.165, 1.54) is 31.2 Å². The van der Waals surface area contributed by atoms with Crippen molar-refractivity contribution in [1.82, 2.24) is 4.98 Å². The maximum Gasteiger partial charge on any atom is 0.128 e. The Bertz CT molecular complexity index is 334. The van der Waals surface area contributed by atoms with E-state index in [-0.39, 0.29) is 0 Å². The highest BCUT2D eigenvalue weighted by Crippen LogP contribution is 2.24. The van der Waals surface area contributed by atoms with Crippen LogP contribution >= 0.6 is 0 Å². The normalized spacial score (nSPS) is 20.6. The first-order valence-electron chi connectivity index (χ1n) is 6.76. The van der Waals surface area contributed by atoms with Gasteiger partial charge < -0.3 is 10.6 Å². The molecule has 1 aliphatic heterocycles. The average Bonchev–Trinajstić information content (AvgIpc) is 2.40. The van der Waals surface area contributed by atoms with Gasteiger partial charge in [-0.05, 0) is 50.3 Å². The fraction of sp³-hybridized carbons (Fsp3) is 0.643. The molecule has 94 valence electrons. The molecule has 2 N–H and O–H groups in total. The van der Waals surface area contributed by atoms with Crippen LogP contribution in [0.4, 0.5) is 5.82 Å². The highest BCUT2D eigenvalue weighted by Gasteiger charge is 2.21. The van der Waals surface area contributed by atoms with Gasteiger partial charge in [-0.15, -0.1) is 0 Å². The van der Waals surface area contributed by atoms with Gasteiger partial charge in [-0.2, -0.15) is 0 Å². The molecule has 0 aromatic carbocycles. The molecule has 1 aromatic heterocycles. The van der Waals surface area contributed by atoms with Crippen LogP contribution < -0.4 is 10.6 Å². The van der Waals surface area contributed by atoms with Crippen molar-refractivity contribution in [2.45, 2.75) is 45.1 Å². The molecule has 1 unspecified atom stereocenters. The topological polar surface area (TPSA) is 42.1 Å². The van der Waals surface area contributed by atoms with Crippen molar-refractivity contribution >= 4 is 5.82 Å². The molecule has 1 atom stereocenters. The SMILES string of the molecule is CCC1CCCCN1c1ccc(CCN)cn1. The summed E-state index contributed by atoms with van der Waals surface area (Å²) in [5, 5.41) is 0. The number of nitrogens with two attached hydrogens (primary N) is 1. The van der Waals surface area contributed by atoms with Gasteiger partial charge in [-0.25, -0.2) is 4.98 Å². The number of piperidine rings is 1. The fourth-order valence-electron chi connectivity index (χ4n) is 2.63. The predicted octanol–water partition coefficient (Wildman–Crippen LogP) is 2.35. The number of aromatic nitrogens is 1. The summed E-state index contributed by atoms with van der Waals surface area (Å²) in [4.78, 5) is 7.06. The van der Waals surface area contributed by atoms with Gasteiger partial charge in [0.15, 0.2) is 0 Å². The van der Waals surface area contributed by atoms with Crippen molar-refractivity contribution in [3.05, 3.63) is 23.9 Å². The van der Waals surface area contributed by atoms with Crippen LogP contribution in [0.1, 0.15) is 38.2 Å². The van der Waals surface area contributed by atoms with Crippen LogP contribution in [0.5, 0.6) is 0 Å². The van der Waals surface area contributed by atoms with Crippen molar-refractivity contribution in [2.75, 3.05) is 18.0 Å². The summed E-state index contributed by atoms with van der Waals surface area (Å²) in [6, 6.07) is 4.99. The lowest BCUT2D eigenvalue weighted by Crippen LogP contribution is -2.39.